The van der Waals surface area contributed by atoms with Gasteiger partial charge in [0.2, 0.25) is 0 Å². The minimum atomic E-state index is -0.576. The number of fused-ring (bicyclic) bond motifs is 2. The van der Waals surface area contributed by atoms with Gasteiger partial charge in [-0.2, -0.15) is 0 Å². The lowest BCUT2D eigenvalue weighted by Gasteiger charge is -2.07. The molecule has 0 aliphatic carbocycles. The van der Waals surface area contributed by atoms with E-state index in [-0.39, 0.29) is 13.2 Å². The second kappa shape index (κ2) is 6.99. The van der Waals surface area contributed by atoms with Gasteiger partial charge >= 0.3 is 11.7 Å². The fourth-order valence-electron chi connectivity index (χ4n) is 2.99. The van der Waals surface area contributed by atoms with Crippen LogP contribution < -0.4 is 10.5 Å². The van der Waals surface area contributed by atoms with Crippen molar-refractivity contribution in [1.82, 2.24) is 4.57 Å². The van der Waals surface area contributed by atoms with Crippen LogP contribution in [0.3, 0.4) is 0 Å². The number of para-hydroxylation sites is 2. The van der Waals surface area contributed by atoms with Gasteiger partial charge in [0.05, 0.1) is 12.6 Å². The van der Waals surface area contributed by atoms with Crippen LogP contribution in [-0.2, 0) is 22.7 Å². The number of carbonyl (C=O) groups is 1. The molecule has 136 valence electrons. The molecule has 6 nitrogen and oxygen atoms in total. The van der Waals surface area contributed by atoms with Crippen molar-refractivity contribution in [2.75, 3.05) is 7.11 Å². The predicted molar refractivity (Wildman–Crippen MR) is 101 cm³/mol. The number of benzene rings is 3. The van der Waals surface area contributed by atoms with Gasteiger partial charge in [-0.15, -0.1) is 0 Å². The molecule has 0 aliphatic rings. The summed E-state index contributed by atoms with van der Waals surface area (Å²) in [5.74, 6) is -0.286. The van der Waals surface area contributed by atoms with Crippen LogP contribution in [0.5, 0.6) is 5.75 Å². The fraction of sp³-hybridized carbons (Fsp3) is 0.143. The summed E-state index contributed by atoms with van der Waals surface area (Å²) in [5.41, 5.74) is 1.88. The molecular weight excluding hydrogens is 346 g/mol. The first-order valence-corrected chi connectivity index (χ1v) is 8.45. The molecule has 0 saturated heterocycles. The molecule has 4 aromatic rings. The highest BCUT2D eigenvalue weighted by Gasteiger charge is 2.13. The highest BCUT2D eigenvalue weighted by atomic mass is 16.5. The smallest absolute Gasteiger partial charge is 0.420 e. The number of esters is 1. The van der Waals surface area contributed by atoms with Gasteiger partial charge in [0.15, 0.2) is 5.58 Å². The number of hydrogen-bond acceptors (Lipinski definition) is 5. The maximum absolute atomic E-state index is 12.2. The van der Waals surface area contributed by atoms with E-state index in [1.54, 1.807) is 31.4 Å². The molecule has 0 spiro atoms. The average molecular weight is 363 g/mol. The summed E-state index contributed by atoms with van der Waals surface area (Å²) in [6.45, 7) is -0.0635. The number of aromatic nitrogens is 1. The predicted octanol–water partition coefficient (Wildman–Crippen LogP) is 3.50. The van der Waals surface area contributed by atoms with E-state index >= 15 is 0 Å². The minimum absolute atomic E-state index is 0.130. The number of methoxy groups -OCH3 is 1. The van der Waals surface area contributed by atoms with Crippen LogP contribution in [0, 0.1) is 0 Å². The van der Waals surface area contributed by atoms with E-state index in [2.05, 4.69) is 0 Å². The van der Waals surface area contributed by atoms with Crippen molar-refractivity contribution in [3.63, 3.8) is 0 Å². The van der Waals surface area contributed by atoms with Gasteiger partial charge in [-0.1, -0.05) is 30.3 Å². The summed E-state index contributed by atoms with van der Waals surface area (Å²) in [5, 5.41) is 2.07. The number of nitrogens with zero attached hydrogens (tertiary/aromatic N) is 1. The Bertz CT molecular complexity index is 1190. The minimum Gasteiger partial charge on any atom is -0.497 e. The molecule has 0 radical (unpaired) electrons. The fourth-order valence-corrected chi connectivity index (χ4v) is 2.99. The highest BCUT2D eigenvalue weighted by molar-refractivity contribution is 5.84. The Morgan fingerprint density at radius 1 is 1.04 bits per heavy atom. The molecule has 0 unspecified atom stereocenters. The standard InChI is InChI=1S/C21H17NO5/c1-25-17-9-8-15-10-14(6-7-16(15)11-17)13-26-20(23)12-22-18-4-2-3-5-19(18)27-21(22)24/h2-11H,12-13H2,1H3. The third-order valence-electron chi connectivity index (χ3n) is 4.37. The van der Waals surface area contributed by atoms with Crippen LogP contribution in [0.4, 0.5) is 0 Å². The van der Waals surface area contributed by atoms with Gasteiger partial charge in [-0.3, -0.25) is 9.36 Å². The first kappa shape index (κ1) is 16.9. The van der Waals surface area contributed by atoms with Crippen LogP contribution >= 0.6 is 0 Å². The lowest BCUT2D eigenvalue weighted by Crippen LogP contribution is -2.21. The normalized spacial score (nSPS) is 11.0. The molecule has 0 saturated carbocycles. The average Bonchev–Trinajstić information content (AvgIpc) is 3.01. The van der Waals surface area contributed by atoms with Gasteiger partial charge in [0, 0.05) is 0 Å². The van der Waals surface area contributed by atoms with Crippen LogP contribution in [0.25, 0.3) is 21.9 Å². The maximum atomic E-state index is 12.2. The molecular formula is C21H17NO5. The number of rotatable bonds is 5. The molecule has 0 aliphatic heterocycles. The molecule has 3 aromatic carbocycles. The Balaban J connectivity index is 1.46. The SMILES string of the molecule is COc1ccc2cc(COC(=O)Cn3c(=O)oc4ccccc43)ccc2c1. The monoisotopic (exact) mass is 363 g/mol. The zero-order valence-corrected chi connectivity index (χ0v) is 14.7. The summed E-state index contributed by atoms with van der Waals surface area (Å²) >= 11 is 0. The Morgan fingerprint density at radius 3 is 2.67 bits per heavy atom. The molecule has 0 atom stereocenters. The van der Waals surface area contributed by atoms with Crippen molar-refractivity contribution < 1.29 is 18.7 Å². The maximum Gasteiger partial charge on any atom is 0.420 e. The Labute approximate surface area is 154 Å². The molecule has 0 fully saturated rings. The van der Waals surface area contributed by atoms with E-state index < -0.39 is 11.7 Å². The topological polar surface area (TPSA) is 70.7 Å². The summed E-state index contributed by atoms with van der Waals surface area (Å²) < 4.78 is 16.9. The van der Waals surface area contributed by atoms with Crippen molar-refractivity contribution in [3.05, 3.63) is 76.8 Å². The van der Waals surface area contributed by atoms with Crippen molar-refractivity contribution in [2.24, 2.45) is 0 Å². The van der Waals surface area contributed by atoms with E-state index in [9.17, 15) is 9.59 Å². The third-order valence-corrected chi connectivity index (χ3v) is 4.37. The lowest BCUT2D eigenvalue weighted by molar-refractivity contribution is -0.145. The number of hydrogen-bond donors (Lipinski definition) is 0. The lowest BCUT2D eigenvalue weighted by atomic mass is 10.1. The van der Waals surface area contributed by atoms with E-state index in [4.69, 9.17) is 13.9 Å². The molecule has 4 rings (SSSR count). The van der Waals surface area contributed by atoms with E-state index in [1.807, 2.05) is 36.4 Å². The van der Waals surface area contributed by atoms with Gasteiger partial charge in [0.25, 0.3) is 0 Å². The van der Waals surface area contributed by atoms with Gasteiger partial charge in [0.1, 0.15) is 18.9 Å². The zero-order valence-electron chi connectivity index (χ0n) is 14.7. The Hall–Kier alpha value is -3.54. The number of ether oxygens (including phenoxy) is 2. The summed E-state index contributed by atoms with van der Waals surface area (Å²) in [4.78, 5) is 24.1. The van der Waals surface area contributed by atoms with Crippen LogP contribution in [0.15, 0.2) is 69.9 Å². The second-order valence-corrected chi connectivity index (χ2v) is 6.13. The van der Waals surface area contributed by atoms with Crippen LogP contribution in [-0.4, -0.2) is 17.6 Å². The highest BCUT2D eigenvalue weighted by Crippen LogP contribution is 2.22. The molecule has 6 heteroatoms. The van der Waals surface area contributed by atoms with Crippen molar-refractivity contribution >= 4 is 27.8 Å². The van der Waals surface area contributed by atoms with E-state index in [0.29, 0.717) is 11.1 Å². The zero-order chi connectivity index (χ0) is 18.8. The molecule has 0 N–H and O–H groups in total. The first-order chi connectivity index (χ1) is 13.1. The third kappa shape index (κ3) is 3.42. The molecule has 0 amide bonds. The molecule has 1 heterocycles. The van der Waals surface area contributed by atoms with Gasteiger partial charge < -0.3 is 13.9 Å². The Morgan fingerprint density at radius 2 is 1.81 bits per heavy atom. The van der Waals surface area contributed by atoms with Gasteiger partial charge in [-0.05, 0) is 46.7 Å². The van der Waals surface area contributed by atoms with E-state index in [1.165, 1.54) is 4.57 Å². The van der Waals surface area contributed by atoms with Crippen molar-refractivity contribution in [1.29, 1.82) is 0 Å². The second-order valence-electron chi connectivity index (χ2n) is 6.13. The van der Waals surface area contributed by atoms with Crippen molar-refractivity contribution in [3.8, 4) is 5.75 Å². The van der Waals surface area contributed by atoms with Crippen LogP contribution in [0.2, 0.25) is 0 Å². The van der Waals surface area contributed by atoms with E-state index in [0.717, 1.165) is 22.1 Å². The van der Waals surface area contributed by atoms with Crippen molar-refractivity contribution in [2.45, 2.75) is 13.2 Å². The Kier molecular flexibility index (Phi) is 4.38. The van der Waals surface area contributed by atoms with Gasteiger partial charge in [-0.25, -0.2) is 4.79 Å². The summed E-state index contributed by atoms with van der Waals surface area (Å²) in [6, 6.07) is 18.6. The summed E-state index contributed by atoms with van der Waals surface area (Å²) in [6.07, 6.45) is 0. The van der Waals surface area contributed by atoms with Crippen LogP contribution in [0.1, 0.15) is 5.56 Å². The summed E-state index contributed by atoms with van der Waals surface area (Å²) in [7, 11) is 1.63. The molecule has 27 heavy (non-hydrogen) atoms. The largest absolute Gasteiger partial charge is 0.497 e. The number of carbonyl (C=O) groups excluding carboxylic acids is 1. The molecule has 0 bridgehead atoms. The molecule has 1 aromatic heterocycles. The quantitative estimate of drug-likeness (QED) is 0.508. The first-order valence-electron chi connectivity index (χ1n) is 8.45. The number of oxazole rings is 1.